The van der Waals surface area contributed by atoms with E-state index in [9.17, 15) is 4.39 Å². The molecule has 6 heteroatoms. The molecule has 0 aromatic carbocycles. The standard InChI is InChI=1S/C11H18FN5/c1-7-4-2-3-5-9(7)15-10-8(12)6-14-11(16-10)17-13/h6-7,9H,2-5,13H2,1H3,(H2,14,15,16,17). The smallest absolute Gasteiger partial charge is 0.239 e. The first-order chi connectivity index (χ1) is 8.20. The zero-order valence-electron chi connectivity index (χ0n) is 9.91. The van der Waals surface area contributed by atoms with E-state index in [1.54, 1.807) is 0 Å². The quantitative estimate of drug-likeness (QED) is 0.554. The predicted molar refractivity (Wildman–Crippen MR) is 64.8 cm³/mol. The molecule has 1 aromatic heterocycles. The molecular formula is C11H18FN5. The van der Waals surface area contributed by atoms with Crippen LogP contribution in [0.15, 0.2) is 6.20 Å². The minimum absolute atomic E-state index is 0.220. The molecule has 1 aromatic rings. The van der Waals surface area contributed by atoms with Crippen LogP contribution < -0.4 is 16.6 Å². The number of nitrogens with zero attached hydrogens (tertiary/aromatic N) is 2. The predicted octanol–water partition coefficient (Wildman–Crippen LogP) is 1.89. The molecule has 1 heterocycles. The summed E-state index contributed by atoms with van der Waals surface area (Å²) >= 11 is 0. The monoisotopic (exact) mass is 239 g/mol. The van der Waals surface area contributed by atoms with Gasteiger partial charge in [-0.05, 0) is 18.8 Å². The lowest BCUT2D eigenvalue weighted by atomic mass is 9.86. The molecule has 2 atom stereocenters. The van der Waals surface area contributed by atoms with Crippen molar-refractivity contribution in [1.29, 1.82) is 0 Å². The number of halogens is 1. The topological polar surface area (TPSA) is 75.9 Å². The summed E-state index contributed by atoms with van der Waals surface area (Å²) in [5.74, 6) is 5.74. The summed E-state index contributed by atoms with van der Waals surface area (Å²) in [6, 6.07) is 0.277. The summed E-state index contributed by atoms with van der Waals surface area (Å²) in [7, 11) is 0. The summed E-state index contributed by atoms with van der Waals surface area (Å²) in [6.45, 7) is 2.18. The fourth-order valence-electron chi connectivity index (χ4n) is 2.24. The van der Waals surface area contributed by atoms with Crippen LogP contribution in [0.1, 0.15) is 32.6 Å². The first kappa shape index (κ1) is 12.0. The number of hydrazine groups is 1. The zero-order valence-corrected chi connectivity index (χ0v) is 9.91. The highest BCUT2D eigenvalue weighted by Crippen LogP contribution is 2.27. The second-order valence-electron chi connectivity index (χ2n) is 4.55. The Morgan fingerprint density at radius 2 is 2.18 bits per heavy atom. The largest absolute Gasteiger partial charge is 0.364 e. The van der Waals surface area contributed by atoms with Crippen LogP contribution in [0.3, 0.4) is 0 Å². The van der Waals surface area contributed by atoms with Crippen molar-refractivity contribution < 1.29 is 4.39 Å². The van der Waals surface area contributed by atoms with E-state index in [0.717, 1.165) is 12.6 Å². The van der Waals surface area contributed by atoms with Crippen LogP contribution in [0, 0.1) is 11.7 Å². The fraction of sp³-hybridized carbons (Fsp3) is 0.636. The number of hydrogen-bond donors (Lipinski definition) is 3. The van der Waals surface area contributed by atoms with Crippen LogP contribution >= 0.6 is 0 Å². The van der Waals surface area contributed by atoms with Crippen LogP contribution in [0.25, 0.3) is 0 Å². The van der Waals surface area contributed by atoms with E-state index in [2.05, 4.69) is 27.6 Å². The molecule has 4 N–H and O–H groups in total. The molecule has 0 aliphatic heterocycles. The molecule has 0 bridgehead atoms. The van der Waals surface area contributed by atoms with E-state index >= 15 is 0 Å². The lowest BCUT2D eigenvalue weighted by Gasteiger charge is -2.29. The zero-order chi connectivity index (χ0) is 12.3. The van der Waals surface area contributed by atoms with Gasteiger partial charge in [-0.15, -0.1) is 0 Å². The van der Waals surface area contributed by atoms with E-state index < -0.39 is 5.82 Å². The van der Waals surface area contributed by atoms with Gasteiger partial charge in [0.25, 0.3) is 0 Å². The van der Waals surface area contributed by atoms with Gasteiger partial charge < -0.3 is 5.32 Å². The number of rotatable bonds is 3. The first-order valence-electron chi connectivity index (χ1n) is 5.96. The number of nitrogens with two attached hydrogens (primary N) is 1. The van der Waals surface area contributed by atoms with Crippen LogP contribution in [-0.4, -0.2) is 16.0 Å². The molecule has 0 spiro atoms. The Balaban J connectivity index is 2.11. The van der Waals surface area contributed by atoms with Gasteiger partial charge in [-0.3, -0.25) is 5.43 Å². The summed E-state index contributed by atoms with van der Waals surface area (Å²) < 4.78 is 13.5. The third-order valence-corrected chi connectivity index (χ3v) is 3.31. The molecule has 0 radical (unpaired) electrons. The molecule has 1 aliphatic rings. The van der Waals surface area contributed by atoms with Crippen LogP contribution in [-0.2, 0) is 0 Å². The molecule has 5 nitrogen and oxygen atoms in total. The second kappa shape index (κ2) is 5.27. The van der Waals surface area contributed by atoms with Gasteiger partial charge in [0.1, 0.15) is 0 Å². The summed E-state index contributed by atoms with van der Waals surface area (Å²) in [5.41, 5.74) is 2.31. The van der Waals surface area contributed by atoms with Crippen molar-refractivity contribution in [3.63, 3.8) is 0 Å². The molecule has 17 heavy (non-hydrogen) atoms. The van der Waals surface area contributed by atoms with Crippen LogP contribution in [0.4, 0.5) is 16.2 Å². The van der Waals surface area contributed by atoms with E-state index in [4.69, 9.17) is 5.84 Å². The van der Waals surface area contributed by atoms with E-state index in [-0.39, 0.29) is 17.8 Å². The third-order valence-electron chi connectivity index (χ3n) is 3.31. The molecule has 2 unspecified atom stereocenters. The van der Waals surface area contributed by atoms with Gasteiger partial charge in [-0.2, -0.15) is 4.98 Å². The van der Waals surface area contributed by atoms with Crippen molar-refractivity contribution >= 4 is 11.8 Å². The van der Waals surface area contributed by atoms with Crippen molar-refractivity contribution in [2.24, 2.45) is 11.8 Å². The van der Waals surface area contributed by atoms with Crippen molar-refractivity contribution in [3.05, 3.63) is 12.0 Å². The molecule has 0 amide bonds. The number of nitrogen functional groups attached to an aromatic ring is 1. The minimum Gasteiger partial charge on any atom is -0.364 e. The second-order valence-corrected chi connectivity index (χ2v) is 4.55. The number of anilines is 2. The maximum absolute atomic E-state index is 13.5. The molecule has 0 saturated heterocycles. The first-order valence-corrected chi connectivity index (χ1v) is 5.96. The van der Waals surface area contributed by atoms with Gasteiger partial charge in [0.2, 0.25) is 5.95 Å². The highest BCUT2D eigenvalue weighted by molar-refractivity contribution is 5.41. The van der Waals surface area contributed by atoms with Gasteiger partial charge in [0.15, 0.2) is 11.6 Å². The molecule has 2 rings (SSSR count). The van der Waals surface area contributed by atoms with E-state index in [1.807, 2.05) is 0 Å². The Morgan fingerprint density at radius 1 is 1.41 bits per heavy atom. The van der Waals surface area contributed by atoms with Crippen molar-refractivity contribution in [1.82, 2.24) is 9.97 Å². The molecule has 94 valence electrons. The van der Waals surface area contributed by atoms with Gasteiger partial charge in [0, 0.05) is 6.04 Å². The lowest BCUT2D eigenvalue weighted by Crippen LogP contribution is -2.31. The van der Waals surface area contributed by atoms with E-state index in [1.165, 1.54) is 19.3 Å². The third kappa shape index (κ3) is 2.82. The van der Waals surface area contributed by atoms with Crippen molar-refractivity contribution in [3.8, 4) is 0 Å². The summed E-state index contributed by atoms with van der Waals surface area (Å²) in [6.07, 6.45) is 5.78. The normalized spacial score (nSPS) is 24.4. The molecule has 1 saturated carbocycles. The fourth-order valence-corrected chi connectivity index (χ4v) is 2.24. The molecule has 1 fully saturated rings. The average Bonchev–Trinajstić information content (AvgIpc) is 2.35. The Hall–Kier alpha value is -1.43. The van der Waals surface area contributed by atoms with Gasteiger partial charge in [0.05, 0.1) is 6.20 Å². The van der Waals surface area contributed by atoms with Crippen LogP contribution in [0.2, 0.25) is 0 Å². The minimum atomic E-state index is -0.443. The van der Waals surface area contributed by atoms with Gasteiger partial charge in [-0.25, -0.2) is 15.2 Å². The van der Waals surface area contributed by atoms with Gasteiger partial charge in [-0.1, -0.05) is 19.8 Å². The van der Waals surface area contributed by atoms with Gasteiger partial charge >= 0.3 is 0 Å². The average molecular weight is 239 g/mol. The Kier molecular flexibility index (Phi) is 3.73. The highest BCUT2D eigenvalue weighted by atomic mass is 19.1. The van der Waals surface area contributed by atoms with Crippen molar-refractivity contribution in [2.75, 3.05) is 10.7 Å². The van der Waals surface area contributed by atoms with Crippen molar-refractivity contribution in [2.45, 2.75) is 38.6 Å². The maximum Gasteiger partial charge on any atom is 0.239 e. The molecule has 1 aliphatic carbocycles. The number of hydrogen-bond acceptors (Lipinski definition) is 5. The molecular weight excluding hydrogens is 221 g/mol. The maximum atomic E-state index is 13.5. The lowest BCUT2D eigenvalue weighted by molar-refractivity contribution is 0.348. The SMILES string of the molecule is CC1CCCCC1Nc1nc(NN)ncc1F. The summed E-state index contributed by atoms with van der Waals surface area (Å²) in [4.78, 5) is 7.69. The number of aromatic nitrogens is 2. The Morgan fingerprint density at radius 3 is 2.88 bits per heavy atom. The highest BCUT2D eigenvalue weighted by Gasteiger charge is 2.22. The Labute approximate surface area is 100.0 Å². The van der Waals surface area contributed by atoms with Crippen LogP contribution in [0.5, 0.6) is 0 Å². The number of nitrogens with one attached hydrogen (secondary N) is 2. The summed E-state index contributed by atoms with van der Waals surface area (Å²) in [5, 5.41) is 3.15. The Bertz CT molecular complexity index is 384. The van der Waals surface area contributed by atoms with E-state index in [0.29, 0.717) is 5.92 Å².